The van der Waals surface area contributed by atoms with Crippen LogP contribution in [0.4, 0.5) is 9.52 Å². The number of hydrogen-bond acceptors (Lipinski definition) is 6. The monoisotopic (exact) mass is 502 g/mol. The summed E-state index contributed by atoms with van der Waals surface area (Å²) < 4.78 is 26.5. The van der Waals surface area contributed by atoms with E-state index in [4.69, 9.17) is 9.15 Å². The van der Waals surface area contributed by atoms with Gasteiger partial charge in [-0.3, -0.25) is 14.5 Å². The summed E-state index contributed by atoms with van der Waals surface area (Å²) in [5.41, 5.74) is 1.56. The molecule has 6 rings (SSSR count). The minimum absolute atomic E-state index is 0.0419. The van der Waals surface area contributed by atoms with Crippen molar-refractivity contribution >= 4 is 38.4 Å². The van der Waals surface area contributed by atoms with Crippen molar-refractivity contribution in [2.24, 2.45) is 0 Å². The summed E-state index contributed by atoms with van der Waals surface area (Å²) in [4.78, 5) is 34.1. The minimum Gasteiger partial charge on any atom is -0.484 e. The van der Waals surface area contributed by atoms with E-state index in [-0.39, 0.29) is 29.0 Å². The van der Waals surface area contributed by atoms with Crippen molar-refractivity contribution in [1.29, 1.82) is 0 Å². The number of furan rings is 1. The van der Waals surface area contributed by atoms with E-state index in [1.54, 1.807) is 25.1 Å². The van der Waals surface area contributed by atoms with Crippen LogP contribution < -0.4 is 4.90 Å². The summed E-state index contributed by atoms with van der Waals surface area (Å²) >= 11 is 1.21. The van der Waals surface area contributed by atoms with Gasteiger partial charge in [0.25, 0.3) is 5.91 Å². The summed E-state index contributed by atoms with van der Waals surface area (Å²) in [5, 5.41) is 0.375. The minimum atomic E-state index is -0.765. The average Bonchev–Trinajstić information content (AvgIpc) is 3.67. The SMILES string of the molecule is Cc1ccc(C(=O)C2=C(OC3CCCC3)C(=O)N(c3nc4ccc(F)cc4s3)C2c2ccccc2)o1. The number of fused-ring (bicyclic) bond motifs is 1. The van der Waals surface area contributed by atoms with E-state index < -0.39 is 17.7 Å². The van der Waals surface area contributed by atoms with Crippen LogP contribution in [0.1, 0.15) is 53.6 Å². The second kappa shape index (κ2) is 9.02. The van der Waals surface area contributed by atoms with Crippen LogP contribution in [0.3, 0.4) is 0 Å². The van der Waals surface area contributed by atoms with Crippen LogP contribution in [0, 0.1) is 12.7 Å². The Morgan fingerprint density at radius 3 is 2.61 bits per heavy atom. The predicted molar refractivity (Wildman–Crippen MR) is 134 cm³/mol. The van der Waals surface area contributed by atoms with Gasteiger partial charge in [-0.05, 0) is 68.5 Å². The van der Waals surface area contributed by atoms with Crippen molar-refractivity contribution < 1.29 is 23.1 Å². The number of halogens is 1. The molecule has 2 aromatic heterocycles. The topological polar surface area (TPSA) is 72.6 Å². The second-order valence-electron chi connectivity index (χ2n) is 9.10. The van der Waals surface area contributed by atoms with Gasteiger partial charge in [-0.25, -0.2) is 9.37 Å². The molecule has 1 aliphatic heterocycles. The molecule has 0 radical (unpaired) electrons. The molecular formula is C28H23FN2O4S. The average molecular weight is 503 g/mol. The van der Waals surface area contributed by atoms with Gasteiger partial charge < -0.3 is 9.15 Å². The number of ether oxygens (including phenoxy) is 1. The Hall–Kier alpha value is -3.78. The molecule has 1 fully saturated rings. The molecule has 1 aliphatic carbocycles. The van der Waals surface area contributed by atoms with Gasteiger partial charge in [0.05, 0.1) is 27.9 Å². The summed E-state index contributed by atoms with van der Waals surface area (Å²) in [5.74, 6) is -0.410. The zero-order chi connectivity index (χ0) is 24.8. The molecule has 1 saturated carbocycles. The maximum atomic E-state index is 14.0. The molecule has 6 nitrogen and oxygen atoms in total. The van der Waals surface area contributed by atoms with Crippen LogP contribution in [0.2, 0.25) is 0 Å². The first kappa shape index (κ1) is 22.7. The molecule has 2 aromatic carbocycles. The van der Waals surface area contributed by atoms with E-state index in [9.17, 15) is 14.0 Å². The maximum Gasteiger partial charge on any atom is 0.296 e. The number of rotatable bonds is 6. The number of amides is 1. The van der Waals surface area contributed by atoms with Crippen LogP contribution in [-0.2, 0) is 9.53 Å². The number of carbonyl (C=O) groups excluding carboxylic acids is 2. The predicted octanol–water partition coefficient (Wildman–Crippen LogP) is 6.52. The number of thiazole rings is 1. The van der Waals surface area contributed by atoms with Gasteiger partial charge in [-0.15, -0.1) is 0 Å². The van der Waals surface area contributed by atoms with E-state index in [1.165, 1.54) is 28.4 Å². The van der Waals surface area contributed by atoms with Crippen LogP contribution in [0.15, 0.2) is 76.4 Å². The smallest absolute Gasteiger partial charge is 0.296 e. The van der Waals surface area contributed by atoms with Crippen LogP contribution in [0.5, 0.6) is 0 Å². The number of carbonyl (C=O) groups is 2. The molecule has 4 aromatic rings. The van der Waals surface area contributed by atoms with E-state index in [1.807, 2.05) is 30.3 Å². The van der Waals surface area contributed by atoms with Crippen LogP contribution in [0.25, 0.3) is 10.2 Å². The lowest BCUT2D eigenvalue weighted by molar-refractivity contribution is -0.118. The Bertz CT molecular complexity index is 1500. The van der Waals surface area contributed by atoms with Gasteiger partial charge >= 0.3 is 0 Å². The highest BCUT2D eigenvalue weighted by Crippen LogP contribution is 2.46. The third kappa shape index (κ3) is 3.91. The third-order valence-electron chi connectivity index (χ3n) is 6.65. The van der Waals surface area contributed by atoms with Crippen LogP contribution in [-0.4, -0.2) is 22.8 Å². The molecule has 1 unspecified atom stereocenters. The number of aryl methyl sites for hydroxylation is 1. The number of ketones is 1. The highest BCUT2D eigenvalue weighted by atomic mass is 32.1. The second-order valence-corrected chi connectivity index (χ2v) is 10.1. The lowest BCUT2D eigenvalue weighted by Gasteiger charge is -2.24. The van der Waals surface area contributed by atoms with Gasteiger partial charge in [-0.2, -0.15) is 0 Å². The molecule has 0 bridgehead atoms. The molecular weight excluding hydrogens is 479 g/mol. The lowest BCUT2D eigenvalue weighted by Crippen LogP contribution is -2.31. The zero-order valence-electron chi connectivity index (χ0n) is 19.6. The number of anilines is 1. The van der Waals surface area contributed by atoms with Gasteiger partial charge in [0, 0.05) is 0 Å². The summed E-state index contributed by atoms with van der Waals surface area (Å²) in [7, 11) is 0. The molecule has 8 heteroatoms. The molecule has 1 atom stereocenters. The van der Waals surface area contributed by atoms with Crippen molar-refractivity contribution in [3.63, 3.8) is 0 Å². The highest BCUT2D eigenvalue weighted by Gasteiger charge is 2.48. The van der Waals surface area contributed by atoms with Gasteiger partial charge in [0.1, 0.15) is 11.6 Å². The molecule has 3 heterocycles. The first-order valence-corrected chi connectivity index (χ1v) is 12.8. The maximum absolute atomic E-state index is 14.0. The van der Waals surface area contributed by atoms with Gasteiger partial charge in [0.2, 0.25) is 5.78 Å². The Kier molecular flexibility index (Phi) is 5.68. The van der Waals surface area contributed by atoms with E-state index in [0.717, 1.165) is 31.2 Å². The summed E-state index contributed by atoms with van der Waals surface area (Å²) in [6.45, 7) is 1.77. The molecule has 0 N–H and O–H groups in total. The Morgan fingerprint density at radius 2 is 1.89 bits per heavy atom. The van der Waals surface area contributed by atoms with Crippen molar-refractivity contribution in [3.8, 4) is 0 Å². The Balaban J connectivity index is 1.53. The Labute approximate surface area is 211 Å². The number of nitrogens with zero attached hydrogens (tertiary/aromatic N) is 2. The fourth-order valence-electron chi connectivity index (χ4n) is 4.94. The highest BCUT2D eigenvalue weighted by molar-refractivity contribution is 7.22. The standard InChI is InChI=1S/C28H23FN2O4S/c1-16-11-14-21(34-16)25(32)23-24(17-7-3-2-4-8-17)31(27(33)26(23)35-19-9-5-6-10-19)28-30-20-13-12-18(29)15-22(20)36-28/h2-4,7-8,11-15,19,24H,5-6,9-10H2,1H3. The molecule has 182 valence electrons. The number of aromatic nitrogens is 1. The molecule has 0 saturated heterocycles. The van der Waals surface area contributed by atoms with Crippen molar-refractivity contribution in [1.82, 2.24) is 4.98 Å². The van der Waals surface area contributed by atoms with Gasteiger partial charge in [-0.1, -0.05) is 41.7 Å². The van der Waals surface area contributed by atoms with E-state index in [0.29, 0.717) is 21.1 Å². The largest absolute Gasteiger partial charge is 0.484 e. The van der Waals surface area contributed by atoms with E-state index in [2.05, 4.69) is 4.98 Å². The first-order chi connectivity index (χ1) is 17.5. The van der Waals surface area contributed by atoms with Crippen molar-refractivity contribution in [2.45, 2.75) is 44.8 Å². The number of Topliss-reactive ketones (excluding diaryl/α,β-unsaturated/α-hetero) is 1. The van der Waals surface area contributed by atoms with Crippen molar-refractivity contribution in [3.05, 3.63) is 94.9 Å². The zero-order valence-corrected chi connectivity index (χ0v) is 20.4. The quantitative estimate of drug-likeness (QED) is 0.281. The Morgan fingerprint density at radius 1 is 1.11 bits per heavy atom. The fraction of sp³-hybridized carbons (Fsp3) is 0.250. The summed E-state index contributed by atoms with van der Waals surface area (Å²) in [6, 6.07) is 16.2. The first-order valence-electron chi connectivity index (χ1n) is 12.0. The summed E-state index contributed by atoms with van der Waals surface area (Å²) in [6.07, 6.45) is 3.55. The van der Waals surface area contributed by atoms with Crippen molar-refractivity contribution in [2.75, 3.05) is 4.90 Å². The van der Waals surface area contributed by atoms with Gasteiger partial charge in [0.15, 0.2) is 16.7 Å². The third-order valence-corrected chi connectivity index (χ3v) is 7.66. The number of hydrogen-bond donors (Lipinski definition) is 0. The lowest BCUT2D eigenvalue weighted by atomic mass is 9.95. The fourth-order valence-corrected chi connectivity index (χ4v) is 5.95. The van der Waals surface area contributed by atoms with Crippen LogP contribution >= 0.6 is 11.3 Å². The molecule has 0 spiro atoms. The molecule has 1 amide bonds. The number of benzene rings is 2. The normalized spacial score (nSPS) is 18.6. The van der Waals surface area contributed by atoms with E-state index >= 15 is 0 Å². The molecule has 36 heavy (non-hydrogen) atoms. The molecule has 2 aliphatic rings.